The van der Waals surface area contributed by atoms with Crippen LogP contribution in [-0.4, -0.2) is 18.4 Å². The third-order valence-electron chi connectivity index (χ3n) is 5.03. The minimum Gasteiger partial charge on any atom is -0.436 e. The second kappa shape index (κ2) is 7.89. The lowest BCUT2D eigenvalue weighted by Crippen LogP contribution is -2.12. The van der Waals surface area contributed by atoms with E-state index >= 15 is 0 Å². The lowest BCUT2D eigenvalue weighted by Gasteiger charge is -2.05. The van der Waals surface area contributed by atoms with E-state index in [9.17, 15) is 8.42 Å². The van der Waals surface area contributed by atoms with Crippen molar-refractivity contribution in [2.75, 3.05) is 4.72 Å². The number of aromatic nitrogens is 2. The lowest BCUT2D eigenvalue weighted by atomic mass is 10.1. The van der Waals surface area contributed by atoms with Gasteiger partial charge in [0, 0.05) is 11.1 Å². The summed E-state index contributed by atoms with van der Waals surface area (Å²) < 4.78 is 35.2. The van der Waals surface area contributed by atoms with E-state index in [0.29, 0.717) is 22.3 Å². The first-order valence-electron chi connectivity index (χ1n) is 9.91. The van der Waals surface area contributed by atoms with Gasteiger partial charge in [-0.3, -0.25) is 4.72 Å². The maximum atomic E-state index is 12.9. The SMILES string of the molecule is Cc1cc(C)c2nc(NS(=O)(=O)c3ccc(-c4ncc(-c5ccccc5)o4)cc3)sc2c1. The molecule has 0 saturated heterocycles. The van der Waals surface area contributed by atoms with Crippen LogP contribution in [0.1, 0.15) is 11.1 Å². The highest BCUT2D eigenvalue weighted by Gasteiger charge is 2.18. The van der Waals surface area contributed by atoms with Crippen molar-refractivity contribution < 1.29 is 12.8 Å². The van der Waals surface area contributed by atoms with Crippen LogP contribution < -0.4 is 4.72 Å². The maximum Gasteiger partial charge on any atom is 0.263 e. The van der Waals surface area contributed by atoms with Gasteiger partial charge in [0.25, 0.3) is 10.0 Å². The number of anilines is 1. The van der Waals surface area contributed by atoms with Crippen LogP contribution in [0.15, 0.2) is 82.2 Å². The first-order chi connectivity index (χ1) is 15.4. The summed E-state index contributed by atoms with van der Waals surface area (Å²) in [6.07, 6.45) is 1.66. The van der Waals surface area contributed by atoms with Gasteiger partial charge in [0.15, 0.2) is 10.9 Å². The molecule has 0 atom stereocenters. The van der Waals surface area contributed by atoms with Crippen molar-refractivity contribution in [1.29, 1.82) is 0 Å². The summed E-state index contributed by atoms with van der Waals surface area (Å²) in [6.45, 7) is 3.98. The van der Waals surface area contributed by atoms with E-state index in [0.717, 1.165) is 26.9 Å². The Morgan fingerprint density at radius 3 is 2.44 bits per heavy atom. The second-order valence-electron chi connectivity index (χ2n) is 7.47. The van der Waals surface area contributed by atoms with Crippen LogP contribution in [0.25, 0.3) is 33.0 Å². The average Bonchev–Trinajstić information content (AvgIpc) is 3.41. The van der Waals surface area contributed by atoms with Gasteiger partial charge < -0.3 is 4.42 Å². The van der Waals surface area contributed by atoms with Gasteiger partial charge in [-0.1, -0.05) is 47.7 Å². The first kappa shape index (κ1) is 20.4. The summed E-state index contributed by atoms with van der Waals surface area (Å²) in [6, 6.07) is 20.1. The molecule has 6 nitrogen and oxygen atoms in total. The molecule has 0 bridgehead atoms. The van der Waals surface area contributed by atoms with E-state index in [2.05, 4.69) is 14.7 Å². The Kier molecular flexibility index (Phi) is 5.03. The molecule has 2 heterocycles. The summed E-state index contributed by atoms with van der Waals surface area (Å²) >= 11 is 1.32. The van der Waals surface area contributed by atoms with Gasteiger partial charge in [0.05, 0.1) is 21.3 Å². The maximum absolute atomic E-state index is 12.9. The number of nitrogens with zero attached hydrogens (tertiary/aromatic N) is 2. The van der Waals surface area contributed by atoms with Crippen molar-refractivity contribution in [1.82, 2.24) is 9.97 Å². The Balaban J connectivity index is 1.39. The van der Waals surface area contributed by atoms with Crippen LogP contribution in [0, 0.1) is 13.8 Å². The van der Waals surface area contributed by atoms with E-state index in [1.807, 2.05) is 56.3 Å². The van der Waals surface area contributed by atoms with Gasteiger partial charge in [0.1, 0.15) is 0 Å². The number of aryl methyl sites for hydroxylation is 2. The zero-order valence-electron chi connectivity index (χ0n) is 17.4. The molecule has 0 fully saturated rings. The number of rotatable bonds is 5. The van der Waals surface area contributed by atoms with Crippen molar-refractivity contribution in [3.8, 4) is 22.8 Å². The normalized spacial score (nSPS) is 11.7. The smallest absolute Gasteiger partial charge is 0.263 e. The lowest BCUT2D eigenvalue weighted by molar-refractivity contribution is 0.588. The van der Waals surface area contributed by atoms with Gasteiger partial charge in [-0.15, -0.1) is 0 Å². The molecule has 0 saturated carbocycles. The number of nitrogens with one attached hydrogen (secondary N) is 1. The third kappa shape index (κ3) is 3.90. The molecular weight excluding hydrogens is 442 g/mol. The molecule has 5 aromatic rings. The number of oxazole rings is 1. The molecule has 32 heavy (non-hydrogen) atoms. The second-order valence-corrected chi connectivity index (χ2v) is 10.2. The third-order valence-corrected chi connectivity index (χ3v) is 7.43. The predicted molar refractivity (Wildman–Crippen MR) is 127 cm³/mol. The molecule has 0 amide bonds. The largest absolute Gasteiger partial charge is 0.436 e. The molecule has 2 aromatic heterocycles. The molecule has 0 aliphatic rings. The van der Waals surface area contributed by atoms with Crippen LogP contribution >= 0.6 is 11.3 Å². The molecule has 0 spiro atoms. The van der Waals surface area contributed by atoms with E-state index in [1.165, 1.54) is 23.5 Å². The van der Waals surface area contributed by atoms with E-state index in [1.54, 1.807) is 18.3 Å². The number of benzene rings is 3. The Hall–Kier alpha value is -3.49. The fourth-order valence-corrected chi connectivity index (χ4v) is 5.79. The standard InChI is InChI=1S/C24H19N3O3S2/c1-15-12-16(2)22-21(13-15)31-24(26-22)27-32(28,29)19-10-8-18(9-11-19)23-25-14-20(30-23)17-6-4-3-5-7-17/h3-14H,1-2H3,(H,26,27). The molecule has 0 aliphatic carbocycles. The molecule has 3 aromatic carbocycles. The molecule has 160 valence electrons. The number of hydrogen-bond acceptors (Lipinski definition) is 6. The quantitative estimate of drug-likeness (QED) is 0.345. The highest BCUT2D eigenvalue weighted by molar-refractivity contribution is 7.93. The Bertz CT molecular complexity index is 1520. The molecule has 0 unspecified atom stereocenters. The number of hydrogen-bond donors (Lipinski definition) is 1. The van der Waals surface area contributed by atoms with Gasteiger partial charge in [-0.05, 0) is 55.3 Å². The highest BCUT2D eigenvalue weighted by atomic mass is 32.2. The molecule has 0 aliphatic heterocycles. The number of thiazole rings is 1. The molecule has 1 N–H and O–H groups in total. The summed E-state index contributed by atoms with van der Waals surface area (Å²) in [7, 11) is -3.77. The van der Waals surface area contributed by atoms with Crippen LogP contribution in [0.3, 0.4) is 0 Å². The summed E-state index contributed by atoms with van der Waals surface area (Å²) in [5, 5.41) is 0.345. The predicted octanol–water partition coefficient (Wildman–Crippen LogP) is 6.04. The fourth-order valence-electron chi connectivity index (χ4n) is 3.51. The summed E-state index contributed by atoms with van der Waals surface area (Å²) in [4.78, 5) is 8.93. The van der Waals surface area contributed by atoms with Crippen molar-refractivity contribution in [2.45, 2.75) is 18.7 Å². The minimum absolute atomic E-state index is 0.142. The van der Waals surface area contributed by atoms with Crippen LogP contribution in [0.5, 0.6) is 0 Å². The van der Waals surface area contributed by atoms with E-state index in [4.69, 9.17) is 4.42 Å². The van der Waals surface area contributed by atoms with E-state index in [-0.39, 0.29) is 4.90 Å². The van der Waals surface area contributed by atoms with Crippen molar-refractivity contribution in [2.24, 2.45) is 0 Å². The van der Waals surface area contributed by atoms with Gasteiger partial charge >= 0.3 is 0 Å². The fraction of sp³-hybridized carbons (Fsp3) is 0.0833. The highest BCUT2D eigenvalue weighted by Crippen LogP contribution is 2.31. The van der Waals surface area contributed by atoms with Crippen molar-refractivity contribution in [3.63, 3.8) is 0 Å². The van der Waals surface area contributed by atoms with Crippen molar-refractivity contribution in [3.05, 3.63) is 84.1 Å². The average molecular weight is 462 g/mol. The van der Waals surface area contributed by atoms with Crippen molar-refractivity contribution >= 4 is 36.7 Å². The molecule has 8 heteroatoms. The van der Waals surface area contributed by atoms with Gasteiger partial charge in [-0.25, -0.2) is 18.4 Å². The molecular formula is C24H19N3O3S2. The molecule has 0 radical (unpaired) electrons. The first-order valence-corrected chi connectivity index (χ1v) is 12.2. The monoisotopic (exact) mass is 461 g/mol. The topological polar surface area (TPSA) is 85.1 Å². The Morgan fingerprint density at radius 1 is 0.938 bits per heavy atom. The number of sulfonamides is 1. The zero-order chi connectivity index (χ0) is 22.3. The molecule has 5 rings (SSSR count). The van der Waals surface area contributed by atoms with Crippen LogP contribution in [0.4, 0.5) is 5.13 Å². The Morgan fingerprint density at radius 2 is 1.69 bits per heavy atom. The minimum atomic E-state index is -3.77. The Labute approximate surface area is 189 Å². The summed E-state index contributed by atoms with van der Waals surface area (Å²) in [5.74, 6) is 1.08. The van der Waals surface area contributed by atoms with Crippen LogP contribution in [-0.2, 0) is 10.0 Å². The summed E-state index contributed by atoms with van der Waals surface area (Å²) in [5.41, 5.74) is 4.57. The van der Waals surface area contributed by atoms with E-state index < -0.39 is 10.0 Å². The van der Waals surface area contributed by atoms with Crippen LogP contribution in [0.2, 0.25) is 0 Å². The van der Waals surface area contributed by atoms with Gasteiger partial charge in [0.2, 0.25) is 5.89 Å². The zero-order valence-corrected chi connectivity index (χ0v) is 19.0. The van der Waals surface area contributed by atoms with Gasteiger partial charge in [-0.2, -0.15) is 0 Å². The number of fused-ring (bicyclic) bond motifs is 1.